The molecule has 3 N–H and O–H groups in total. The summed E-state index contributed by atoms with van der Waals surface area (Å²) in [6.45, 7) is 11.2. The molecule has 0 aromatic carbocycles. The molecule has 4 heterocycles. The normalized spacial score (nSPS) is 39.2. The zero-order valence-corrected chi connectivity index (χ0v) is 41.5. The number of piperidine rings is 1. The highest BCUT2D eigenvalue weighted by atomic mass is 28.2. The van der Waals surface area contributed by atoms with Crippen LogP contribution in [0.15, 0.2) is 63.0 Å². The van der Waals surface area contributed by atoms with E-state index in [1.165, 1.54) is 4.90 Å². The summed E-state index contributed by atoms with van der Waals surface area (Å²) in [6.07, 6.45) is 15.8. The summed E-state index contributed by atoms with van der Waals surface area (Å²) in [4.78, 5) is 71.4. The fourth-order valence-electron chi connectivity index (χ4n) is 10.3. The van der Waals surface area contributed by atoms with Crippen molar-refractivity contribution >= 4 is 45.9 Å². The number of Topliss-reactive ketones (excluding diaryl/α,β-unsaturated/α-hetero) is 3. The number of nitrogens with one attached hydrogen (secondary N) is 1. The Balaban J connectivity index is 1.41. The average Bonchev–Trinajstić information content (AvgIpc) is 3.32. The van der Waals surface area contributed by atoms with Gasteiger partial charge in [0.15, 0.2) is 5.78 Å². The van der Waals surface area contributed by atoms with Gasteiger partial charge in [0.2, 0.25) is 16.3 Å². The number of hydrogen-bond acceptors (Lipinski definition) is 15. The second-order valence-corrected chi connectivity index (χ2v) is 20.1. The molecule has 0 aromatic rings. The number of cyclic esters (lactones) is 1. The van der Waals surface area contributed by atoms with E-state index in [4.69, 9.17) is 18.6 Å². The van der Waals surface area contributed by atoms with E-state index in [1.807, 2.05) is 51.2 Å². The Morgan fingerprint density at radius 2 is 1.78 bits per heavy atom. The number of carbonyl (C=O) groups is 5. The summed E-state index contributed by atoms with van der Waals surface area (Å²) in [7, 11) is 4.70. The molecule has 5 rings (SSSR count). The van der Waals surface area contributed by atoms with Crippen LogP contribution in [0.1, 0.15) is 131 Å². The highest BCUT2D eigenvalue weighted by Crippen LogP contribution is 2.39. The number of hydrogen-bond donors (Lipinski definition) is 3. The largest absolute Gasteiger partial charge is 0.460 e. The first-order valence-electron chi connectivity index (χ1n) is 24.4. The van der Waals surface area contributed by atoms with Crippen LogP contribution < -0.4 is 5.53 Å². The van der Waals surface area contributed by atoms with Crippen LogP contribution in [0.3, 0.4) is 0 Å². The van der Waals surface area contributed by atoms with E-state index in [2.05, 4.69) is 31.5 Å². The van der Waals surface area contributed by atoms with Gasteiger partial charge in [-0.2, -0.15) is 15.8 Å². The lowest BCUT2D eigenvalue weighted by atomic mass is 9.73. The van der Waals surface area contributed by atoms with Crippen LogP contribution >= 0.6 is 0 Å². The Morgan fingerprint density at radius 3 is 2.49 bits per heavy atom. The minimum atomic E-state index is -2.36. The number of ether oxygens (including phenoxy) is 3. The van der Waals surface area contributed by atoms with E-state index < -0.39 is 65.7 Å². The molecule has 1 saturated carbocycles. The van der Waals surface area contributed by atoms with Gasteiger partial charge in [-0.15, -0.1) is 0 Å². The first-order chi connectivity index (χ1) is 32.0. The molecule has 4 aliphatic heterocycles. The molecule has 1 amide bonds. The molecule has 0 spiro atoms. The van der Waals surface area contributed by atoms with E-state index in [-0.39, 0.29) is 73.2 Å². The number of rotatable bonds is 6. The predicted molar refractivity (Wildman–Crippen MR) is 252 cm³/mol. The third kappa shape index (κ3) is 14.5. The van der Waals surface area contributed by atoms with Gasteiger partial charge in [0, 0.05) is 44.2 Å². The van der Waals surface area contributed by atoms with Crippen LogP contribution in [0.2, 0.25) is 0 Å². The Hall–Kier alpha value is -4.00. The van der Waals surface area contributed by atoms with Gasteiger partial charge in [-0.1, -0.05) is 74.9 Å². The van der Waals surface area contributed by atoms with Gasteiger partial charge < -0.3 is 33.7 Å². The molecule has 1 unspecified atom stereocenters. The topological polar surface area (TPSA) is 215 Å². The lowest BCUT2D eigenvalue weighted by molar-refractivity contribution is -0.263. The molecule has 5 aliphatic rings. The first-order valence-corrected chi connectivity index (χ1v) is 24.8. The van der Waals surface area contributed by atoms with Gasteiger partial charge in [-0.3, -0.25) is 19.2 Å². The highest BCUT2D eigenvalue weighted by molar-refractivity contribution is 6.39. The Bertz CT molecular complexity index is 1910. The van der Waals surface area contributed by atoms with Gasteiger partial charge in [0.05, 0.1) is 18.4 Å². The molecule has 369 valence electrons. The van der Waals surface area contributed by atoms with Crippen LogP contribution in [0, 0.1) is 35.5 Å². The van der Waals surface area contributed by atoms with Gasteiger partial charge in [-0.25, -0.2) is 4.79 Å². The monoisotopic (exact) mass is 949 g/mol. The summed E-state index contributed by atoms with van der Waals surface area (Å²) in [5.74, 6) is -6.88. The summed E-state index contributed by atoms with van der Waals surface area (Å²) in [6, 6.07) is -1.33. The number of aliphatic hydroxyl groups is 2. The van der Waals surface area contributed by atoms with Crippen molar-refractivity contribution in [3.8, 4) is 0 Å². The Labute approximate surface area is 400 Å². The molecular weight excluding hydrogens is 875 g/mol. The number of ketones is 3. The van der Waals surface area contributed by atoms with Gasteiger partial charge >= 0.3 is 5.97 Å². The SMILES string of the molecule is CO[C@@H]1C[C@H](C[C@@H](C)[C@@H]2CC(=O)C/C=C(\C)[C@@H](O)[C@@H](O[Si])C(=O)[C@H](C)C[C@H](C)/C=C/C=C/C=C(\C)CC[C@@H]3CC[C@@H](C)[C@@](O)(O3)C(=O)C(=O)N3CCCC[C@H]3C(=O)O2)CC[C@@H]1C1C=NNN=N1. The Morgan fingerprint density at radius 1 is 1.00 bits per heavy atom. The van der Waals surface area contributed by atoms with Crippen molar-refractivity contribution in [1.82, 2.24) is 10.4 Å². The molecule has 67 heavy (non-hydrogen) atoms. The third-order valence-electron chi connectivity index (χ3n) is 14.7. The zero-order chi connectivity index (χ0) is 48.8. The minimum Gasteiger partial charge on any atom is -0.460 e. The van der Waals surface area contributed by atoms with Crippen molar-refractivity contribution in [2.45, 2.75) is 180 Å². The summed E-state index contributed by atoms with van der Waals surface area (Å²) in [5, 5.41) is 35.4. The smallest absolute Gasteiger partial charge is 0.329 e. The van der Waals surface area contributed by atoms with Crippen LogP contribution in [-0.4, -0.2) is 123 Å². The zero-order valence-electron chi connectivity index (χ0n) is 40.5. The van der Waals surface area contributed by atoms with Crippen LogP contribution in [0.25, 0.3) is 0 Å². The summed E-state index contributed by atoms with van der Waals surface area (Å²) in [5.41, 5.74) is 3.93. The molecule has 1 aliphatic carbocycles. The summed E-state index contributed by atoms with van der Waals surface area (Å²) < 4.78 is 23.7. The fourth-order valence-corrected chi connectivity index (χ4v) is 10.6. The number of methoxy groups -OCH3 is 1. The van der Waals surface area contributed by atoms with E-state index in [0.717, 1.165) is 18.4 Å². The molecule has 2 saturated heterocycles. The quantitative estimate of drug-likeness (QED) is 0.115. The second-order valence-electron chi connectivity index (χ2n) is 19.9. The molecule has 14 atom stereocenters. The first kappa shape index (κ1) is 53.9. The lowest BCUT2D eigenvalue weighted by Crippen LogP contribution is -2.60. The van der Waals surface area contributed by atoms with Gasteiger partial charge in [-0.05, 0) is 114 Å². The van der Waals surface area contributed by atoms with Crippen LogP contribution in [0.4, 0.5) is 0 Å². The predicted octanol–water partition coefficient (Wildman–Crippen LogP) is 6.34. The maximum absolute atomic E-state index is 14.4. The van der Waals surface area contributed by atoms with Gasteiger partial charge in [0.25, 0.3) is 11.7 Å². The van der Waals surface area contributed by atoms with E-state index in [0.29, 0.717) is 63.4 Å². The molecule has 17 heteroatoms. The maximum atomic E-state index is 14.4. The number of amides is 1. The number of allylic oxidation sites excluding steroid dienone is 7. The van der Waals surface area contributed by atoms with Crippen molar-refractivity contribution in [3.63, 3.8) is 0 Å². The standard InChI is InChI=1S/C50H74N5O11Si/c1-30-13-9-8-10-14-31(2)25-34(5)45(58)46(66-67)44(57)32(3)17-20-37(56)28-42(33(4)26-36-19-23-39(43(27-36)63-7)40-29-51-53-54-52-40)64-49(61)41-15-11-12-24-55(41)48(60)47(59)50(62)35(6)18-22-38(65-50)21-16-30/h8-10,13-14,17,29,31,33-36,38-44,46,57,62H,11-12,15-16,18-28H2,1-7H3,(H,52,53)/b9-8+,14-10+,30-13+,32-17+/t31-,33-,34-,35-,36+,38-,39-,40?,41+,42+,43-,44-,46-,50-/m1/s1. The van der Waals surface area contributed by atoms with E-state index in [1.54, 1.807) is 40.2 Å². The highest BCUT2D eigenvalue weighted by Gasteiger charge is 2.53. The summed E-state index contributed by atoms with van der Waals surface area (Å²) >= 11 is 0. The maximum Gasteiger partial charge on any atom is 0.329 e. The second kappa shape index (κ2) is 25.6. The fraction of sp³-hybridized carbons (Fsp3) is 0.720. The van der Waals surface area contributed by atoms with Crippen molar-refractivity contribution in [1.29, 1.82) is 0 Å². The number of aliphatic hydroxyl groups excluding tert-OH is 1. The molecule has 3 fully saturated rings. The van der Waals surface area contributed by atoms with Crippen LogP contribution in [0.5, 0.6) is 0 Å². The van der Waals surface area contributed by atoms with Crippen molar-refractivity contribution in [3.05, 3.63) is 47.6 Å². The molecule has 3 radical (unpaired) electrons. The number of hydrazone groups is 1. The molecule has 2 bridgehead atoms. The number of carbonyl (C=O) groups excluding carboxylic acids is 5. The number of nitrogens with zero attached hydrogens (tertiary/aromatic N) is 4. The van der Waals surface area contributed by atoms with Crippen molar-refractivity contribution < 1.29 is 52.8 Å². The minimum absolute atomic E-state index is 0.0360. The van der Waals surface area contributed by atoms with Crippen LogP contribution in [-0.2, 0) is 42.6 Å². The number of fused-ring (bicyclic) bond motifs is 3. The third-order valence-corrected chi connectivity index (χ3v) is 14.9. The molecule has 0 aromatic heterocycles. The van der Waals surface area contributed by atoms with E-state index >= 15 is 0 Å². The molecule has 16 nitrogen and oxygen atoms in total. The number of esters is 1. The van der Waals surface area contributed by atoms with Crippen molar-refractivity contribution in [2.75, 3.05) is 13.7 Å². The Kier molecular flexibility index (Phi) is 20.6. The lowest BCUT2D eigenvalue weighted by Gasteiger charge is -2.42. The molecular formula is C50H74N5O11Si. The van der Waals surface area contributed by atoms with E-state index in [9.17, 15) is 34.2 Å². The van der Waals surface area contributed by atoms with Gasteiger partial charge in [0.1, 0.15) is 36.2 Å². The average molecular weight is 949 g/mol. The van der Waals surface area contributed by atoms with Crippen molar-refractivity contribution in [2.24, 2.45) is 50.9 Å².